The van der Waals surface area contributed by atoms with Crippen LogP contribution in [0, 0.1) is 24.0 Å². The number of hydrogen-bond donors (Lipinski definition) is 2. The lowest BCUT2D eigenvalue weighted by Crippen LogP contribution is -2.38. The van der Waals surface area contributed by atoms with Gasteiger partial charge in [-0.05, 0) is 43.2 Å². The van der Waals surface area contributed by atoms with Crippen LogP contribution < -0.4 is 10.8 Å². The molecule has 0 unspecified atom stereocenters. The fourth-order valence-corrected chi connectivity index (χ4v) is 3.23. The lowest BCUT2D eigenvalue weighted by atomic mass is 10.1. The zero-order valence-corrected chi connectivity index (χ0v) is 16.1. The first kappa shape index (κ1) is 19.8. The Labute approximate surface area is 163 Å². The van der Waals surface area contributed by atoms with Crippen molar-refractivity contribution < 1.29 is 14.9 Å². The second kappa shape index (κ2) is 8.85. The number of rotatable bonds is 6. The van der Waals surface area contributed by atoms with Gasteiger partial charge in [-0.25, -0.2) is 0 Å². The van der Waals surface area contributed by atoms with Crippen molar-refractivity contribution in [3.8, 4) is 0 Å². The second-order valence-electron chi connectivity index (χ2n) is 6.83. The molecule has 1 aromatic heterocycles. The second-order valence-corrected chi connectivity index (χ2v) is 6.83. The third kappa shape index (κ3) is 4.87. The molecule has 1 fully saturated rings. The normalized spacial score (nSPS) is 15.6. The summed E-state index contributed by atoms with van der Waals surface area (Å²) in [6, 6.07) is 8.73. The predicted molar refractivity (Wildman–Crippen MR) is 105 cm³/mol. The molecule has 0 bridgehead atoms. The average Bonchev–Trinajstić information content (AvgIpc) is 2.64. The van der Waals surface area contributed by atoms with E-state index >= 15 is 0 Å². The van der Waals surface area contributed by atoms with E-state index < -0.39 is 4.92 Å². The molecule has 9 heteroatoms. The number of pyridine rings is 1. The standard InChI is InChI=1S/C19H25N5O4/c1-14-11-15(2)13-16(12-14)21-18-4-3-17(24(26)27)19(23(18)25)20-5-6-22-7-9-28-10-8-22/h3-4,11-13,21,25H,5-10H2,1-2H3. The fourth-order valence-electron chi connectivity index (χ4n) is 3.23. The quantitative estimate of drug-likeness (QED) is 0.447. The van der Waals surface area contributed by atoms with Gasteiger partial charge in [0.1, 0.15) is 5.82 Å². The van der Waals surface area contributed by atoms with E-state index in [0.29, 0.717) is 32.1 Å². The van der Waals surface area contributed by atoms with Crippen LogP contribution in [0.25, 0.3) is 0 Å². The Morgan fingerprint density at radius 1 is 1.21 bits per heavy atom. The molecule has 0 spiro atoms. The van der Waals surface area contributed by atoms with Crippen molar-refractivity contribution in [1.29, 1.82) is 0 Å². The topological polar surface area (TPSA) is 105 Å². The van der Waals surface area contributed by atoms with E-state index in [1.807, 2.05) is 32.0 Å². The highest BCUT2D eigenvalue weighted by Crippen LogP contribution is 2.19. The first-order chi connectivity index (χ1) is 13.4. The van der Waals surface area contributed by atoms with Crippen LogP contribution in [-0.2, 0) is 4.74 Å². The molecule has 0 saturated carbocycles. The maximum atomic E-state index is 11.4. The minimum atomic E-state index is -0.541. The third-order valence-electron chi connectivity index (χ3n) is 4.53. The maximum Gasteiger partial charge on any atom is 0.314 e. The van der Waals surface area contributed by atoms with Crippen molar-refractivity contribution in [1.82, 2.24) is 9.63 Å². The molecule has 3 rings (SSSR count). The summed E-state index contributed by atoms with van der Waals surface area (Å²) in [6.07, 6.45) is 0. The molecule has 0 atom stereocenters. The first-order valence-electron chi connectivity index (χ1n) is 9.19. The van der Waals surface area contributed by atoms with E-state index in [9.17, 15) is 15.3 Å². The van der Waals surface area contributed by atoms with Crippen LogP contribution in [0.15, 0.2) is 35.3 Å². The molecule has 1 aromatic carbocycles. The zero-order chi connectivity index (χ0) is 20.1. The average molecular weight is 387 g/mol. The van der Waals surface area contributed by atoms with Crippen molar-refractivity contribution >= 4 is 17.2 Å². The monoisotopic (exact) mass is 387 g/mol. The van der Waals surface area contributed by atoms with Crippen LogP contribution in [-0.4, -0.2) is 59.2 Å². The van der Waals surface area contributed by atoms with E-state index in [1.54, 1.807) is 0 Å². The van der Waals surface area contributed by atoms with E-state index in [1.165, 1.54) is 12.1 Å². The molecule has 1 aliphatic heterocycles. The molecule has 0 aliphatic carbocycles. The number of ether oxygens (including phenoxy) is 1. The fraction of sp³-hybridized carbons (Fsp3) is 0.421. The minimum absolute atomic E-state index is 0.0763. The predicted octanol–water partition coefficient (Wildman–Crippen LogP) is 2.23. The summed E-state index contributed by atoms with van der Waals surface area (Å²) in [5.41, 5.74) is 2.62. The van der Waals surface area contributed by atoms with Crippen LogP contribution >= 0.6 is 0 Å². The van der Waals surface area contributed by atoms with E-state index in [4.69, 9.17) is 4.74 Å². The summed E-state index contributed by atoms with van der Waals surface area (Å²) in [4.78, 5) is 17.3. The van der Waals surface area contributed by atoms with Gasteiger partial charge in [0, 0.05) is 31.4 Å². The van der Waals surface area contributed by atoms with Crippen molar-refractivity contribution in [2.24, 2.45) is 4.99 Å². The van der Waals surface area contributed by atoms with Gasteiger partial charge >= 0.3 is 5.69 Å². The number of nitro groups is 1. The Kier molecular flexibility index (Phi) is 6.27. The Bertz CT molecular complexity index is 899. The summed E-state index contributed by atoms with van der Waals surface area (Å²) < 4.78 is 6.05. The first-order valence-corrected chi connectivity index (χ1v) is 9.19. The SMILES string of the molecule is Cc1cc(C)cc(Nc2ccc([N+](=O)[O-])c(=NCCN3CCOCC3)n2O)c1. The summed E-state index contributed by atoms with van der Waals surface area (Å²) in [5, 5.41) is 25.1. The lowest BCUT2D eigenvalue weighted by molar-refractivity contribution is -0.387. The van der Waals surface area contributed by atoms with Gasteiger partial charge in [-0.1, -0.05) is 6.07 Å². The summed E-state index contributed by atoms with van der Waals surface area (Å²) >= 11 is 0. The number of hydrogen-bond acceptors (Lipinski definition) is 7. The third-order valence-corrected chi connectivity index (χ3v) is 4.53. The summed E-state index contributed by atoms with van der Waals surface area (Å²) in [6.45, 7) is 7.92. The molecule has 1 saturated heterocycles. The van der Waals surface area contributed by atoms with Crippen molar-refractivity contribution in [2.45, 2.75) is 13.8 Å². The van der Waals surface area contributed by atoms with Gasteiger partial charge in [0.15, 0.2) is 0 Å². The highest BCUT2D eigenvalue weighted by molar-refractivity contribution is 5.59. The number of morpholine rings is 1. The zero-order valence-electron chi connectivity index (χ0n) is 16.1. The molecule has 150 valence electrons. The Hall–Kier alpha value is -2.91. The van der Waals surface area contributed by atoms with E-state index in [0.717, 1.165) is 34.6 Å². The van der Waals surface area contributed by atoms with E-state index in [2.05, 4.69) is 15.2 Å². The van der Waals surface area contributed by atoms with Crippen molar-refractivity contribution in [3.63, 3.8) is 0 Å². The van der Waals surface area contributed by atoms with Gasteiger partial charge in [-0.15, -0.1) is 4.73 Å². The largest absolute Gasteiger partial charge is 0.425 e. The highest BCUT2D eigenvalue weighted by atomic mass is 16.6. The Morgan fingerprint density at radius 3 is 2.54 bits per heavy atom. The van der Waals surface area contributed by atoms with Crippen molar-refractivity contribution in [3.05, 3.63) is 57.1 Å². The van der Waals surface area contributed by atoms with Crippen LogP contribution in [0.4, 0.5) is 17.2 Å². The van der Waals surface area contributed by atoms with E-state index in [-0.39, 0.29) is 11.2 Å². The van der Waals surface area contributed by atoms with Gasteiger partial charge in [0.2, 0.25) is 5.49 Å². The number of benzene rings is 1. The van der Waals surface area contributed by atoms with Gasteiger partial charge < -0.3 is 15.3 Å². The molecule has 2 N–H and O–H groups in total. The van der Waals surface area contributed by atoms with Gasteiger partial charge in [-0.2, -0.15) is 0 Å². The lowest BCUT2D eigenvalue weighted by Gasteiger charge is -2.25. The molecule has 9 nitrogen and oxygen atoms in total. The maximum absolute atomic E-state index is 11.4. The molecule has 28 heavy (non-hydrogen) atoms. The van der Waals surface area contributed by atoms with Gasteiger partial charge in [-0.3, -0.25) is 20.0 Å². The number of aryl methyl sites for hydroxylation is 2. The highest BCUT2D eigenvalue weighted by Gasteiger charge is 2.16. The van der Waals surface area contributed by atoms with Crippen LogP contribution in [0.2, 0.25) is 0 Å². The molecule has 2 aromatic rings. The molecule has 1 aliphatic rings. The molecular formula is C19H25N5O4. The number of anilines is 2. The summed E-state index contributed by atoms with van der Waals surface area (Å²) in [7, 11) is 0. The number of nitrogens with one attached hydrogen (secondary N) is 1. The molecule has 2 heterocycles. The molecule has 0 amide bonds. The van der Waals surface area contributed by atoms with Crippen LogP contribution in [0.1, 0.15) is 11.1 Å². The number of nitrogens with zero attached hydrogens (tertiary/aromatic N) is 4. The molecule has 0 radical (unpaired) electrons. The smallest absolute Gasteiger partial charge is 0.314 e. The van der Waals surface area contributed by atoms with Crippen LogP contribution in [0.5, 0.6) is 0 Å². The van der Waals surface area contributed by atoms with Crippen molar-refractivity contribution in [2.75, 3.05) is 44.7 Å². The molecular weight excluding hydrogens is 362 g/mol. The number of aromatic nitrogens is 1. The Morgan fingerprint density at radius 2 is 1.89 bits per heavy atom. The van der Waals surface area contributed by atoms with Gasteiger partial charge in [0.05, 0.1) is 24.7 Å². The summed E-state index contributed by atoms with van der Waals surface area (Å²) in [5.74, 6) is 0.306. The van der Waals surface area contributed by atoms with Crippen LogP contribution in [0.3, 0.4) is 0 Å². The Balaban J connectivity index is 1.87. The minimum Gasteiger partial charge on any atom is -0.425 e. The van der Waals surface area contributed by atoms with Gasteiger partial charge in [0.25, 0.3) is 0 Å².